The maximum absolute atomic E-state index is 14.0. The zero-order valence-corrected chi connectivity index (χ0v) is 25.0. The summed E-state index contributed by atoms with van der Waals surface area (Å²) in [4.78, 5) is 21.6. The van der Waals surface area contributed by atoms with Gasteiger partial charge in [-0.3, -0.25) is 9.69 Å². The molecule has 0 bridgehead atoms. The van der Waals surface area contributed by atoms with Gasteiger partial charge in [0.25, 0.3) is 0 Å². The van der Waals surface area contributed by atoms with Crippen LogP contribution in [-0.2, 0) is 20.8 Å². The second-order valence-corrected chi connectivity index (χ2v) is 11.9. The van der Waals surface area contributed by atoms with Crippen LogP contribution in [0.3, 0.4) is 0 Å². The molecule has 43 heavy (non-hydrogen) atoms. The number of nitrogens with zero attached hydrogens (tertiary/aromatic N) is 3. The molecule has 1 saturated carbocycles. The average molecular weight is 592 g/mol. The molecule has 0 unspecified atom stereocenters. The van der Waals surface area contributed by atoms with Gasteiger partial charge in [0.1, 0.15) is 29.9 Å². The number of anilines is 1. The Labute approximate surface area is 251 Å². The number of hydrogen-bond donors (Lipinski definition) is 0. The van der Waals surface area contributed by atoms with Crippen molar-refractivity contribution in [2.24, 2.45) is 5.92 Å². The Hall–Kier alpha value is -3.56. The van der Waals surface area contributed by atoms with Gasteiger partial charge in [-0.15, -0.1) is 0 Å². The van der Waals surface area contributed by atoms with Crippen molar-refractivity contribution in [2.45, 2.75) is 63.6 Å². The number of pyridine rings is 1. The van der Waals surface area contributed by atoms with Crippen LogP contribution < -0.4 is 9.64 Å². The second-order valence-electron chi connectivity index (χ2n) is 11.9. The van der Waals surface area contributed by atoms with Crippen LogP contribution in [-0.4, -0.2) is 55.9 Å². The Kier molecular flexibility index (Phi) is 8.63. The van der Waals surface area contributed by atoms with Crippen molar-refractivity contribution < 1.29 is 27.8 Å². The number of carbonyl (C=O) groups is 1. The molecule has 3 aliphatic rings. The summed E-state index contributed by atoms with van der Waals surface area (Å²) >= 11 is 0. The van der Waals surface area contributed by atoms with Crippen molar-refractivity contribution in [1.82, 2.24) is 9.88 Å². The standard InChI is InChI=1S/C34H39F2N3O4/c1-21-33(25-15-26(35)18-27(36)16-25)43-20-39(21)19-30-28(10-12-32(37-30)38-13-4-14-38)29-17-24(9-11-31(29)41-2)22-5-7-23(8-6-22)34(40)42-3/h9-12,15-18,21-23,33H,4-8,13-14,19-20H2,1-3H3/t21-,22?,23?,33-/m0/s1. The minimum atomic E-state index is -0.610. The van der Waals surface area contributed by atoms with Gasteiger partial charge in [-0.1, -0.05) is 6.07 Å². The zero-order valence-electron chi connectivity index (χ0n) is 25.0. The molecule has 3 fully saturated rings. The Morgan fingerprint density at radius 3 is 2.35 bits per heavy atom. The van der Waals surface area contributed by atoms with E-state index >= 15 is 0 Å². The van der Waals surface area contributed by atoms with Crippen molar-refractivity contribution in [3.63, 3.8) is 0 Å². The van der Waals surface area contributed by atoms with Crippen LogP contribution in [0.1, 0.15) is 67.9 Å². The van der Waals surface area contributed by atoms with E-state index in [4.69, 9.17) is 19.2 Å². The fourth-order valence-corrected chi connectivity index (χ4v) is 6.72. The van der Waals surface area contributed by atoms with E-state index in [0.29, 0.717) is 24.8 Å². The average Bonchev–Trinajstić information content (AvgIpc) is 3.35. The molecule has 1 aromatic heterocycles. The molecule has 9 heteroatoms. The van der Waals surface area contributed by atoms with Gasteiger partial charge in [-0.05, 0) is 92.5 Å². The van der Waals surface area contributed by atoms with Gasteiger partial charge >= 0.3 is 5.97 Å². The smallest absolute Gasteiger partial charge is 0.308 e. The van der Waals surface area contributed by atoms with Crippen molar-refractivity contribution in [3.05, 3.63) is 77.0 Å². The van der Waals surface area contributed by atoms with Crippen molar-refractivity contribution >= 4 is 11.8 Å². The van der Waals surface area contributed by atoms with E-state index in [2.05, 4.69) is 34.1 Å². The van der Waals surface area contributed by atoms with Crippen LogP contribution in [0.2, 0.25) is 0 Å². The van der Waals surface area contributed by atoms with Crippen molar-refractivity contribution in [1.29, 1.82) is 0 Å². The molecule has 1 aliphatic carbocycles. The molecule has 0 amide bonds. The van der Waals surface area contributed by atoms with E-state index in [-0.39, 0.29) is 17.9 Å². The van der Waals surface area contributed by atoms with Crippen LogP contribution in [0.25, 0.3) is 11.1 Å². The van der Waals surface area contributed by atoms with Gasteiger partial charge < -0.3 is 19.1 Å². The van der Waals surface area contributed by atoms with Crippen molar-refractivity contribution in [3.8, 4) is 16.9 Å². The molecule has 0 spiro atoms. The Bertz CT molecular complexity index is 1450. The minimum Gasteiger partial charge on any atom is -0.496 e. The first kappa shape index (κ1) is 29.5. The lowest BCUT2D eigenvalue weighted by Crippen LogP contribution is -2.38. The number of benzene rings is 2. The third-order valence-electron chi connectivity index (χ3n) is 9.39. The largest absolute Gasteiger partial charge is 0.496 e. The molecule has 228 valence electrons. The normalized spacial score (nSPS) is 24.1. The third kappa shape index (κ3) is 6.10. The summed E-state index contributed by atoms with van der Waals surface area (Å²) in [6.45, 7) is 4.81. The quantitative estimate of drug-likeness (QED) is 0.273. The summed E-state index contributed by atoms with van der Waals surface area (Å²) in [6, 6.07) is 14.0. The van der Waals surface area contributed by atoms with Gasteiger partial charge in [0.05, 0.1) is 31.9 Å². The summed E-state index contributed by atoms with van der Waals surface area (Å²) in [7, 11) is 3.14. The number of methoxy groups -OCH3 is 2. The topological polar surface area (TPSA) is 64.1 Å². The van der Waals surface area contributed by atoms with Gasteiger partial charge in [0.15, 0.2) is 0 Å². The van der Waals surface area contributed by atoms with E-state index in [1.54, 1.807) is 7.11 Å². The first-order valence-corrected chi connectivity index (χ1v) is 15.2. The van der Waals surface area contributed by atoms with Gasteiger partial charge in [-0.25, -0.2) is 13.8 Å². The molecule has 6 rings (SSSR count). The predicted molar refractivity (Wildman–Crippen MR) is 160 cm³/mol. The molecule has 2 aromatic carbocycles. The molecule has 2 atom stereocenters. The monoisotopic (exact) mass is 591 g/mol. The minimum absolute atomic E-state index is 0.0267. The molecule has 3 aromatic rings. The number of ether oxygens (including phenoxy) is 3. The lowest BCUT2D eigenvalue weighted by molar-refractivity contribution is -0.146. The Morgan fingerprint density at radius 2 is 1.70 bits per heavy atom. The van der Waals surface area contributed by atoms with Crippen LogP contribution >= 0.6 is 0 Å². The van der Waals surface area contributed by atoms with E-state index in [1.807, 2.05) is 13.0 Å². The van der Waals surface area contributed by atoms with Gasteiger partial charge in [0.2, 0.25) is 0 Å². The Balaban J connectivity index is 1.30. The molecular formula is C34H39F2N3O4. The fourth-order valence-electron chi connectivity index (χ4n) is 6.72. The summed E-state index contributed by atoms with van der Waals surface area (Å²) in [5.41, 5.74) is 4.58. The SMILES string of the molecule is COC(=O)C1CCC(c2ccc(OC)c(-c3ccc(N4CCC4)nc3CN3CO[C@H](c4cc(F)cc(F)c4)[C@@H]3C)c2)CC1. The predicted octanol–water partition coefficient (Wildman–Crippen LogP) is 6.61. The Morgan fingerprint density at radius 1 is 0.953 bits per heavy atom. The highest BCUT2D eigenvalue weighted by molar-refractivity contribution is 5.75. The van der Waals surface area contributed by atoms with E-state index < -0.39 is 17.7 Å². The third-order valence-corrected chi connectivity index (χ3v) is 9.39. The molecule has 0 N–H and O–H groups in total. The summed E-state index contributed by atoms with van der Waals surface area (Å²) in [6.07, 6.45) is 4.18. The molecule has 2 aliphatic heterocycles. The van der Waals surface area contributed by atoms with Crippen LogP contribution in [0.15, 0.2) is 48.5 Å². The maximum atomic E-state index is 14.0. The summed E-state index contributed by atoms with van der Waals surface area (Å²) in [5, 5.41) is 0. The first-order chi connectivity index (χ1) is 20.8. The second kappa shape index (κ2) is 12.6. The number of esters is 1. The van der Waals surface area contributed by atoms with Crippen LogP contribution in [0.4, 0.5) is 14.6 Å². The number of halogens is 2. The highest BCUT2D eigenvalue weighted by Gasteiger charge is 2.35. The molecular weight excluding hydrogens is 552 g/mol. The number of hydrogen-bond acceptors (Lipinski definition) is 7. The molecule has 7 nitrogen and oxygen atoms in total. The zero-order chi connectivity index (χ0) is 30.1. The van der Waals surface area contributed by atoms with Gasteiger partial charge in [0, 0.05) is 42.9 Å². The molecule has 0 radical (unpaired) electrons. The number of carbonyl (C=O) groups excluding carboxylic acids is 1. The molecule has 3 heterocycles. The van der Waals surface area contributed by atoms with E-state index in [0.717, 1.165) is 79.6 Å². The highest BCUT2D eigenvalue weighted by Crippen LogP contribution is 2.42. The van der Waals surface area contributed by atoms with E-state index in [9.17, 15) is 13.6 Å². The number of aromatic nitrogens is 1. The summed E-state index contributed by atoms with van der Waals surface area (Å²) in [5.74, 6) is 0.700. The highest BCUT2D eigenvalue weighted by atomic mass is 19.1. The molecule has 2 saturated heterocycles. The lowest BCUT2D eigenvalue weighted by atomic mass is 9.78. The van der Waals surface area contributed by atoms with Crippen LogP contribution in [0, 0.1) is 17.6 Å². The van der Waals surface area contributed by atoms with Gasteiger partial charge in [-0.2, -0.15) is 0 Å². The van der Waals surface area contributed by atoms with E-state index in [1.165, 1.54) is 24.8 Å². The maximum Gasteiger partial charge on any atom is 0.308 e. The van der Waals surface area contributed by atoms with Crippen molar-refractivity contribution in [2.75, 3.05) is 38.9 Å². The van der Waals surface area contributed by atoms with Crippen LogP contribution in [0.5, 0.6) is 5.75 Å². The summed E-state index contributed by atoms with van der Waals surface area (Å²) < 4.78 is 44.9. The fraction of sp³-hybridized carbons (Fsp3) is 0.471. The number of rotatable bonds is 8. The lowest BCUT2D eigenvalue weighted by Gasteiger charge is -2.33. The first-order valence-electron chi connectivity index (χ1n) is 15.2.